The third-order valence-corrected chi connectivity index (χ3v) is 7.42. The summed E-state index contributed by atoms with van der Waals surface area (Å²) in [5, 5.41) is 0.492. The molecule has 186 valence electrons. The summed E-state index contributed by atoms with van der Waals surface area (Å²) >= 11 is 1.30. The van der Waals surface area contributed by atoms with Crippen molar-refractivity contribution in [1.82, 2.24) is 19.5 Å². The van der Waals surface area contributed by atoms with E-state index in [1.54, 1.807) is 23.8 Å². The highest BCUT2D eigenvalue weighted by Gasteiger charge is 2.38. The zero-order valence-corrected chi connectivity index (χ0v) is 19.4. The SMILES string of the molecule is COc1ccc(Sc2nc(N)nc3c2ncn3CCOCP(CC(F)(F)F)CC(F)(F)F)cc1. The number of rotatable bonds is 10. The third-order valence-electron chi connectivity index (χ3n) is 4.28. The van der Waals surface area contributed by atoms with E-state index < -0.39 is 38.9 Å². The van der Waals surface area contributed by atoms with Gasteiger partial charge in [0, 0.05) is 11.4 Å². The van der Waals surface area contributed by atoms with Crippen molar-refractivity contribution < 1.29 is 35.8 Å². The molecule has 7 nitrogen and oxygen atoms in total. The van der Waals surface area contributed by atoms with Crippen LogP contribution in [-0.2, 0) is 11.3 Å². The van der Waals surface area contributed by atoms with Gasteiger partial charge in [0.15, 0.2) is 5.65 Å². The molecule has 3 aromatic rings. The minimum Gasteiger partial charge on any atom is -0.497 e. The Bertz CT molecular complexity index is 1080. The molecule has 0 fully saturated rings. The zero-order valence-electron chi connectivity index (χ0n) is 17.7. The van der Waals surface area contributed by atoms with Crippen LogP contribution in [0.15, 0.2) is 40.5 Å². The Balaban J connectivity index is 1.66. The third kappa shape index (κ3) is 7.88. The van der Waals surface area contributed by atoms with Gasteiger partial charge in [0.2, 0.25) is 5.95 Å². The van der Waals surface area contributed by atoms with E-state index in [1.165, 1.54) is 18.1 Å². The van der Waals surface area contributed by atoms with Gasteiger partial charge in [0.05, 0.1) is 38.7 Å². The molecule has 0 saturated heterocycles. The molecule has 0 amide bonds. The maximum Gasteiger partial charge on any atom is 0.392 e. The molecule has 2 aromatic heterocycles. The van der Waals surface area contributed by atoms with Crippen molar-refractivity contribution in [3.63, 3.8) is 0 Å². The van der Waals surface area contributed by atoms with Crippen LogP contribution in [0.2, 0.25) is 0 Å². The van der Waals surface area contributed by atoms with E-state index in [1.807, 2.05) is 12.1 Å². The molecule has 2 heterocycles. The fraction of sp³-hybridized carbons (Fsp3) is 0.421. The number of ether oxygens (including phenoxy) is 2. The maximum absolute atomic E-state index is 12.6. The Morgan fingerprint density at radius 2 is 1.68 bits per heavy atom. The molecular weight excluding hydrogens is 507 g/mol. The summed E-state index contributed by atoms with van der Waals surface area (Å²) in [5.74, 6) is 0.681. The molecule has 0 unspecified atom stereocenters. The Hall–Kier alpha value is -2.31. The van der Waals surface area contributed by atoms with E-state index in [0.717, 1.165) is 4.90 Å². The number of nitrogens with zero attached hydrogens (tertiary/aromatic N) is 4. The van der Waals surface area contributed by atoms with E-state index in [9.17, 15) is 26.3 Å². The molecule has 2 N–H and O–H groups in total. The first-order valence-corrected chi connectivity index (χ1v) is 12.4. The fourth-order valence-corrected chi connectivity index (χ4v) is 5.51. The van der Waals surface area contributed by atoms with Crippen LogP contribution in [0, 0.1) is 0 Å². The van der Waals surface area contributed by atoms with E-state index in [0.29, 0.717) is 21.9 Å². The summed E-state index contributed by atoms with van der Waals surface area (Å²) in [4.78, 5) is 13.5. The standard InChI is InChI=1S/C19H20F6N5O2PS/c1-31-12-2-4-13(5-3-12)34-16-14-15(28-17(26)29-16)30(10-27-14)6-7-32-11-33(8-18(20,21)22)9-19(23,24)25/h2-5,10H,6-9,11H2,1H3,(H2,26,28,29). The molecule has 0 aliphatic rings. The van der Waals surface area contributed by atoms with Crippen LogP contribution in [-0.4, -0.2) is 64.3 Å². The Kier molecular flexibility index (Phi) is 8.47. The second-order valence-corrected chi connectivity index (χ2v) is 10.3. The summed E-state index contributed by atoms with van der Waals surface area (Å²) < 4.78 is 87.5. The smallest absolute Gasteiger partial charge is 0.392 e. The van der Waals surface area contributed by atoms with Gasteiger partial charge < -0.3 is 19.8 Å². The van der Waals surface area contributed by atoms with Crippen molar-refractivity contribution in [2.45, 2.75) is 28.8 Å². The van der Waals surface area contributed by atoms with Crippen LogP contribution in [0.5, 0.6) is 5.75 Å². The van der Waals surface area contributed by atoms with Gasteiger partial charge in [0.25, 0.3) is 0 Å². The van der Waals surface area contributed by atoms with Crippen LogP contribution in [0.4, 0.5) is 32.3 Å². The summed E-state index contributed by atoms with van der Waals surface area (Å²) in [6, 6.07) is 7.23. The minimum absolute atomic E-state index is 0.00921. The molecule has 0 aliphatic heterocycles. The lowest BCUT2D eigenvalue weighted by atomic mass is 10.3. The van der Waals surface area contributed by atoms with Gasteiger partial charge in [-0.1, -0.05) is 19.7 Å². The van der Waals surface area contributed by atoms with Crippen molar-refractivity contribution in [2.75, 3.05) is 38.1 Å². The van der Waals surface area contributed by atoms with Crippen molar-refractivity contribution in [2.24, 2.45) is 0 Å². The van der Waals surface area contributed by atoms with Crippen molar-refractivity contribution in [3.8, 4) is 5.75 Å². The van der Waals surface area contributed by atoms with Gasteiger partial charge >= 0.3 is 12.4 Å². The molecule has 0 spiro atoms. The molecule has 0 atom stereocenters. The van der Waals surface area contributed by atoms with E-state index in [2.05, 4.69) is 15.0 Å². The highest BCUT2D eigenvalue weighted by atomic mass is 32.2. The summed E-state index contributed by atoms with van der Waals surface area (Å²) in [6.07, 6.45) is -11.6. The number of imidazole rings is 1. The average molecular weight is 527 g/mol. The molecule has 0 aliphatic carbocycles. The maximum atomic E-state index is 12.6. The predicted octanol–water partition coefficient (Wildman–Crippen LogP) is 5.15. The Morgan fingerprint density at radius 1 is 1.03 bits per heavy atom. The van der Waals surface area contributed by atoms with E-state index in [4.69, 9.17) is 15.2 Å². The number of hydrogen-bond acceptors (Lipinski definition) is 7. The quantitative estimate of drug-likeness (QED) is 0.169. The summed E-state index contributed by atoms with van der Waals surface area (Å²) in [6.45, 7) is -0.00826. The van der Waals surface area contributed by atoms with Gasteiger partial charge in [-0.2, -0.15) is 31.3 Å². The van der Waals surface area contributed by atoms with Gasteiger partial charge in [-0.15, -0.1) is 0 Å². The van der Waals surface area contributed by atoms with Crippen molar-refractivity contribution >= 4 is 36.8 Å². The largest absolute Gasteiger partial charge is 0.497 e. The highest BCUT2D eigenvalue weighted by Crippen LogP contribution is 2.45. The molecule has 0 bridgehead atoms. The number of methoxy groups -OCH3 is 1. The van der Waals surface area contributed by atoms with Gasteiger partial charge in [0.1, 0.15) is 16.3 Å². The van der Waals surface area contributed by atoms with Crippen LogP contribution in [0.25, 0.3) is 11.2 Å². The summed E-state index contributed by atoms with van der Waals surface area (Å²) in [7, 11) is -0.881. The lowest BCUT2D eigenvalue weighted by Crippen LogP contribution is -2.22. The van der Waals surface area contributed by atoms with Gasteiger partial charge in [-0.25, -0.2) is 9.97 Å². The number of nitrogen functional groups attached to an aromatic ring is 1. The number of anilines is 1. The predicted molar refractivity (Wildman–Crippen MR) is 116 cm³/mol. The van der Waals surface area contributed by atoms with E-state index >= 15 is 0 Å². The van der Waals surface area contributed by atoms with Crippen molar-refractivity contribution in [3.05, 3.63) is 30.6 Å². The first kappa shape index (κ1) is 26.3. The van der Waals surface area contributed by atoms with Crippen molar-refractivity contribution in [1.29, 1.82) is 0 Å². The minimum atomic E-state index is -4.69. The Morgan fingerprint density at radius 3 is 2.26 bits per heavy atom. The number of halogens is 6. The second-order valence-electron chi connectivity index (χ2n) is 7.03. The molecule has 1 aromatic carbocycles. The topological polar surface area (TPSA) is 88.1 Å². The number of aromatic nitrogens is 4. The average Bonchev–Trinajstić information content (AvgIpc) is 3.12. The molecule has 34 heavy (non-hydrogen) atoms. The zero-order chi connectivity index (χ0) is 24.9. The number of nitrogens with two attached hydrogens (primary N) is 1. The molecule has 15 heteroatoms. The number of hydrogen-bond donors (Lipinski definition) is 1. The van der Waals surface area contributed by atoms with Gasteiger partial charge in [-0.05, 0) is 24.3 Å². The molecular formula is C19H20F6N5O2PS. The lowest BCUT2D eigenvalue weighted by Gasteiger charge is -2.20. The van der Waals surface area contributed by atoms with Crippen LogP contribution in [0.1, 0.15) is 0 Å². The van der Waals surface area contributed by atoms with Gasteiger partial charge in [-0.3, -0.25) is 0 Å². The lowest BCUT2D eigenvalue weighted by molar-refractivity contribution is -0.112. The van der Waals surface area contributed by atoms with Crippen LogP contribution in [0.3, 0.4) is 0 Å². The molecule has 0 saturated carbocycles. The normalized spacial score (nSPS) is 12.6. The molecule has 3 rings (SSSR count). The summed E-state index contributed by atoms with van der Waals surface area (Å²) in [5.41, 5.74) is 6.65. The Labute approximate surface area is 195 Å². The monoisotopic (exact) mass is 527 g/mol. The van der Waals surface area contributed by atoms with Crippen LogP contribution >= 0.6 is 19.7 Å². The molecule has 0 radical (unpaired) electrons. The highest BCUT2D eigenvalue weighted by molar-refractivity contribution is 7.99. The first-order valence-electron chi connectivity index (χ1n) is 9.67. The first-order chi connectivity index (χ1) is 15.9. The number of alkyl halides is 6. The number of fused-ring (bicyclic) bond motifs is 1. The fourth-order valence-electron chi connectivity index (χ4n) is 2.94. The van der Waals surface area contributed by atoms with Crippen LogP contribution < -0.4 is 10.5 Å². The number of benzene rings is 1. The second kappa shape index (κ2) is 11.0. The van der Waals surface area contributed by atoms with E-state index in [-0.39, 0.29) is 19.1 Å².